The maximum atomic E-state index is 13.4. The Balaban J connectivity index is 1.17. The number of carbonyl (C=O) groups excluding carboxylic acids is 1. The molecule has 2 aliphatic heterocycles. The minimum atomic E-state index is 0.0325. The van der Waals surface area contributed by atoms with Gasteiger partial charge in [0.25, 0.3) is 0 Å². The maximum Gasteiger partial charge on any atom is 0.227 e. The summed E-state index contributed by atoms with van der Waals surface area (Å²) in [6.07, 6.45) is 5.24. The number of rotatable bonds is 6. The van der Waals surface area contributed by atoms with E-state index >= 15 is 0 Å². The molecule has 3 heterocycles. The number of likely N-dealkylation sites (tertiary alicyclic amines) is 1. The van der Waals surface area contributed by atoms with E-state index in [9.17, 15) is 4.79 Å². The molecule has 1 aromatic heterocycles. The van der Waals surface area contributed by atoms with Crippen LogP contribution in [0.15, 0.2) is 66.7 Å². The largest absolute Gasteiger partial charge is 0.496 e. The van der Waals surface area contributed by atoms with E-state index in [0.717, 1.165) is 74.6 Å². The number of aromatic nitrogens is 2. The van der Waals surface area contributed by atoms with Gasteiger partial charge in [-0.25, -0.2) is 0 Å². The molecule has 0 aliphatic carbocycles. The van der Waals surface area contributed by atoms with E-state index in [1.165, 1.54) is 5.56 Å². The first-order valence-electron chi connectivity index (χ1n) is 12.8. The third-order valence-corrected chi connectivity index (χ3v) is 7.42. The van der Waals surface area contributed by atoms with Crippen LogP contribution < -0.4 is 9.64 Å². The number of amides is 1. The van der Waals surface area contributed by atoms with E-state index < -0.39 is 0 Å². The summed E-state index contributed by atoms with van der Waals surface area (Å²) in [6.45, 7) is 3.37. The van der Waals surface area contributed by atoms with Gasteiger partial charge in [-0.2, -0.15) is 0 Å². The number of carbonyl (C=O) groups is 1. The molecule has 3 aromatic rings. The standard InChI is InChI=1S/C29H34N4O2/c1-35-27-12-6-5-11-25(27)26-13-14-28(31-30-26)33-17-7-10-24(21-33)29(34)32-18-15-23(16-19-32)20-22-8-3-2-4-9-22/h2-6,8-9,11-14,23-24H,7,10,15-21H2,1H3. The highest BCUT2D eigenvalue weighted by molar-refractivity contribution is 5.80. The van der Waals surface area contributed by atoms with Crippen molar-refractivity contribution in [1.82, 2.24) is 15.1 Å². The quantitative estimate of drug-likeness (QED) is 0.515. The minimum absolute atomic E-state index is 0.0325. The molecule has 1 unspecified atom stereocenters. The van der Waals surface area contributed by atoms with Crippen LogP contribution in [0.5, 0.6) is 5.75 Å². The number of anilines is 1. The van der Waals surface area contributed by atoms with Gasteiger partial charge in [0.05, 0.1) is 18.7 Å². The first-order chi connectivity index (χ1) is 17.2. The Morgan fingerprint density at radius 2 is 1.69 bits per heavy atom. The summed E-state index contributed by atoms with van der Waals surface area (Å²) in [5.41, 5.74) is 3.11. The molecule has 0 N–H and O–H groups in total. The topological polar surface area (TPSA) is 58.6 Å². The SMILES string of the molecule is COc1ccccc1-c1ccc(N2CCCC(C(=O)N3CCC(Cc4ccccc4)CC3)C2)nn1. The van der Waals surface area contributed by atoms with E-state index in [-0.39, 0.29) is 5.92 Å². The number of benzene rings is 2. The zero-order valence-corrected chi connectivity index (χ0v) is 20.5. The van der Waals surface area contributed by atoms with Crippen LogP contribution in [0, 0.1) is 11.8 Å². The number of methoxy groups -OCH3 is 1. The van der Waals surface area contributed by atoms with Gasteiger partial charge in [0, 0.05) is 31.7 Å². The van der Waals surface area contributed by atoms with Gasteiger partial charge in [-0.1, -0.05) is 42.5 Å². The predicted molar refractivity (Wildman–Crippen MR) is 138 cm³/mol. The summed E-state index contributed by atoms with van der Waals surface area (Å²) in [5.74, 6) is 2.63. The molecule has 0 saturated carbocycles. The van der Waals surface area contributed by atoms with Crippen molar-refractivity contribution in [3.05, 3.63) is 72.3 Å². The molecule has 6 heteroatoms. The van der Waals surface area contributed by atoms with Crippen LogP contribution >= 0.6 is 0 Å². The van der Waals surface area contributed by atoms with Crippen molar-refractivity contribution in [2.45, 2.75) is 32.1 Å². The summed E-state index contributed by atoms with van der Waals surface area (Å²) in [4.78, 5) is 17.7. The summed E-state index contributed by atoms with van der Waals surface area (Å²) < 4.78 is 5.46. The Morgan fingerprint density at radius 1 is 0.914 bits per heavy atom. The monoisotopic (exact) mass is 470 g/mol. The molecule has 2 saturated heterocycles. The lowest BCUT2D eigenvalue weighted by atomic mass is 9.89. The van der Waals surface area contributed by atoms with Gasteiger partial charge in [-0.05, 0) is 67.9 Å². The number of ether oxygens (including phenoxy) is 1. The smallest absolute Gasteiger partial charge is 0.227 e. The molecule has 1 atom stereocenters. The van der Waals surface area contributed by atoms with E-state index in [2.05, 4.69) is 50.3 Å². The number of piperidine rings is 2. The van der Waals surface area contributed by atoms with Crippen LogP contribution in [0.4, 0.5) is 5.82 Å². The predicted octanol–water partition coefficient (Wildman–Crippen LogP) is 4.85. The van der Waals surface area contributed by atoms with Gasteiger partial charge in [0.1, 0.15) is 5.75 Å². The summed E-state index contributed by atoms with van der Waals surface area (Å²) in [6, 6.07) is 22.5. The molecule has 2 aliphatic rings. The van der Waals surface area contributed by atoms with Gasteiger partial charge in [-0.15, -0.1) is 10.2 Å². The molecular weight excluding hydrogens is 436 g/mol. The van der Waals surface area contributed by atoms with Crippen LogP contribution in [0.2, 0.25) is 0 Å². The molecule has 0 radical (unpaired) electrons. The fourth-order valence-electron chi connectivity index (χ4n) is 5.44. The van der Waals surface area contributed by atoms with E-state index in [1.54, 1.807) is 7.11 Å². The lowest BCUT2D eigenvalue weighted by molar-refractivity contribution is -0.137. The summed E-state index contributed by atoms with van der Waals surface area (Å²) in [5, 5.41) is 8.97. The van der Waals surface area contributed by atoms with Crippen molar-refractivity contribution in [2.75, 3.05) is 38.2 Å². The van der Waals surface area contributed by atoms with Crippen molar-refractivity contribution in [3.8, 4) is 17.0 Å². The number of nitrogens with zero attached hydrogens (tertiary/aromatic N) is 4. The number of hydrogen-bond acceptors (Lipinski definition) is 5. The Hall–Kier alpha value is -3.41. The molecule has 5 rings (SSSR count). The summed E-state index contributed by atoms with van der Waals surface area (Å²) >= 11 is 0. The summed E-state index contributed by atoms with van der Waals surface area (Å²) in [7, 11) is 1.66. The van der Waals surface area contributed by atoms with Gasteiger partial charge in [0.15, 0.2) is 5.82 Å². The molecule has 0 bridgehead atoms. The maximum absolute atomic E-state index is 13.4. The van der Waals surface area contributed by atoms with Gasteiger partial charge >= 0.3 is 0 Å². The second-order valence-electron chi connectivity index (χ2n) is 9.72. The molecule has 182 valence electrons. The number of hydrogen-bond donors (Lipinski definition) is 0. The van der Waals surface area contributed by atoms with E-state index in [4.69, 9.17) is 4.74 Å². The lowest BCUT2D eigenvalue weighted by Crippen LogP contribution is -2.47. The van der Waals surface area contributed by atoms with Gasteiger partial charge < -0.3 is 14.5 Å². The fraction of sp³-hybridized carbons (Fsp3) is 0.414. The van der Waals surface area contributed by atoms with Crippen molar-refractivity contribution < 1.29 is 9.53 Å². The van der Waals surface area contributed by atoms with E-state index in [1.807, 2.05) is 36.4 Å². The molecular formula is C29H34N4O2. The van der Waals surface area contributed by atoms with Crippen molar-refractivity contribution in [3.63, 3.8) is 0 Å². The van der Waals surface area contributed by atoms with Crippen LogP contribution in [0.3, 0.4) is 0 Å². The van der Waals surface area contributed by atoms with E-state index in [0.29, 0.717) is 18.4 Å². The zero-order valence-electron chi connectivity index (χ0n) is 20.5. The Labute approximate surface area is 207 Å². The third kappa shape index (κ3) is 5.47. The van der Waals surface area contributed by atoms with Crippen molar-refractivity contribution in [2.24, 2.45) is 11.8 Å². The minimum Gasteiger partial charge on any atom is -0.496 e. The molecule has 1 amide bonds. The highest BCUT2D eigenvalue weighted by Gasteiger charge is 2.32. The zero-order chi connectivity index (χ0) is 24.0. The normalized spacial score (nSPS) is 18.9. The molecule has 6 nitrogen and oxygen atoms in total. The van der Waals surface area contributed by atoms with Crippen LogP contribution in [0.1, 0.15) is 31.2 Å². The second-order valence-corrected chi connectivity index (χ2v) is 9.72. The Kier molecular flexibility index (Phi) is 7.26. The van der Waals surface area contributed by atoms with Crippen LogP contribution in [-0.2, 0) is 11.2 Å². The average molecular weight is 471 g/mol. The number of para-hydroxylation sites is 1. The van der Waals surface area contributed by atoms with Crippen molar-refractivity contribution in [1.29, 1.82) is 0 Å². The lowest BCUT2D eigenvalue weighted by Gasteiger charge is -2.38. The van der Waals surface area contributed by atoms with Gasteiger partial charge in [-0.3, -0.25) is 4.79 Å². The Morgan fingerprint density at radius 3 is 2.43 bits per heavy atom. The molecule has 2 aromatic carbocycles. The highest BCUT2D eigenvalue weighted by atomic mass is 16.5. The second kappa shape index (κ2) is 10.9. The Bertz CT molecular complexity index is 1110. The third-order valence-electron chi connectivity index (χ3n) is 7.42. The molecule has 0 spiro atoms. The molecule has 2 fully saturated rings. The van der Waals surface area contributed by atoms with Crippen LogP contribution in [-0.4, -0.2) is 54.3 Å². The molecule has 35 heavy (non-hydrogen) atoms. The average Bonchev–Trinajstić information content (AvgIpc) is 2.94. The van der Waals surface area contributed by atoms with Crippen LogP contribution in [0.25, 0.3) is 11.3 Å². The van der Waals surface area contributed by atoms with Gasteiger partial charge in [0.2, 0.25) is 5.91 Å². The first-order valence-corrected chi connectivity index (χ1v) is 12.8. The highest BCUT2D eigenvalue weighted by Crippen LogP contribution is 2.30. The fourth-order valence-corrected chi connectivity index (χ4v) is 5.44. The first kappa shape index (κ1) is 23.3. The van der Waals surface area contributed by atoms with Crippen molar-refractivity contribution >= 4 is 11.7 Å².